The number of carbonyl (C=O) groups excluding carboxylic acids is 2. The number of hydrogen-bond acceptors (Lipinski definition) is 3. The third-order valence-electron chi connectivity index (χ3n) is 5.06. The Morgan fingerprint density at radius 3 is 2.39 bits per heavy atom. The Kier molecular flexibility index (Phi) is 7.26. The van der Waals surface area contributed by atoms with Gasteiger partial charge in [0.1, 0.15) is 0 Å². The number of amides is 2. The molecule has 2 amide bonds. The quantitative estimate of drug-likeness (QED) is 0.586. The smallest absolute Gasteiger partial charge is 0.242 e. The Bertz CT molecular complexity index is 783. The normalized spacial score (nSPS) is 13.4. The first-order valence-corrected chi connectivity index (χ1v) is 11.0. The molecule has 0 N–H and O–H groups in total. The fourth-order valence-electron chi connectivity index (χ4n) is 3.26. The van der Waals surface area contributed by atoms with Gasteiger partial charge in [-0.3, -0.25) is 9.59 Å². The van der Waals surface area contributed by atoms with Crippen molar-refractivity contribution in [2.75, 3.05) is 13.1 Å². The van der Waals surface area contributed by atoms with E-state index in [0.29, 0.717) is 19.6 Å². The van der Waals surface area contributed by atoms with Gasteiger partial charge in [-0.25, -0.2) is 0 Å². The van der Waals surface area contributed by atoms with Gasteiger partial charge < -0.3 is 9.80 Å². The zero-order valence-electron chi connectivity index (χ0n) is 16.9. The van der Waals surface area contributed by atoms with Gasteiger partial charge in [0.25, 0.3) is 0 Å². The lowest BCUT2D eigenvalue weighted by Gasteiger charge is -2.28. The summed E-state index contributed by atoms with van der Waals surface area (Å²) in [6, 6.07) is 14.3. The summed E-state index contributed by atoms with van der Waals surface area (Å²) >= 11 is 1.72. The van der Waals surface area contributed by atoms with E-state index in [0.717, 1.165) is 31.2 Å². The number of carbonyl (C=O) groups is 2. The number of unbranched alkanes of at least 4 members (excludes halogenated alkanes) is 1. The monoisotopic (exact) mass is 398 g/mol. The molecule has 1 aromatic heterocycles. The Labute approximate surface area is 172 Å². The van der Waals surface area contributed by atoms with Crippen LogP contribution in [0, 0.1) is 12.8 Å². The molecule has 0 radical (unpaired) electrons. The van der Waals surface area contributed by atoms with E-state index in [2.05, 4.69) is 26.0 Å². The summed E-state index contributed by atoms with van der Waals surface area (Å²) < 4.78 is 0. The first-order chi connectivity index (χ1) is 13.6. The van der Waals surface area contributed by atoms with Crippen molar-refractivity contribution < 1.29 is 9.59 Å². The Balaban J connectivity index is 1.72. The summed E-state index contributed by atoms with van der Waals surface area (Å²) in [6.07, 6.45) is 3.90. The SMILES string of the molecule is CCCCN(CC(=O)N(Cc1ccccc1)Cc1ccc(C)s1)C(=O)C1CC1. The van der Waals surface area contributed by atoms with Crippen LogP contribution in [-0.2, 0) is 22.7 Å². The number of thiophene rings is 1. The lowest BCUT2D eigenvalue weighted by atomic mass is 10.2. The van der Waals surface area contributed by atoms with Gasteiger partial charge in [0.05, 0.1) is 13.1 Å². The molecule has 0 unspecified atom stereocenters. The largest absolute Gasteiger partial charge is 0.333 e. The van der Waals surface area contributed by atoms with Gasteiger partial charge in [0.15, 0.2) is 0 Å². The van der Waals surface area contributed by atoms with E-state index < -0.39 is 0 Å². The van der Waals surface area contributed by atoms with Crippen LogP contribution in [-0.4, -0.2) is 34.7 Å². The summed E-state index contributed by atoms with van der Waals surface area (Å²) in [5, 5.41) is 0. The van der Waals surface area contributed by atoms with Gasteiger partial charge in [-0.2, -0.15) is 0 Å². The molecule has 3 rings (SSSR count). The summed E-state index contributed by atoms with van der Waals surface area (Å²) in [5.74, 6) is 0.334. The minimum Gasteiger partial charge on any atom is -0.333 e. The average Bonchev–Trinajstić information content (AvgIpc) is 3.47. The Hall–Kier alpha value is -2.14. The highest BCUT2D eigenvalue weighted by Gasteiger charge is 2.34. The average molecular weight is 399 g/mol. The van der Waals surface area contributed by atoms with Gasteiger partial charge >= 0.3 is 0 Å². The van der Waals surface area contributed by atoms with Crippen molar-refractivity contribution in [3.05, 3.63) is 57.8 Å². The van der Waals surface area contributed by atoms with Crippen molar-refractivity contribution in [3.8, 4) is 0 Å². The highest BCUT2D eigenvalue weighted by atomic mass is 32.1. The molecule has 0 aliphatic heterocycles. The molecule has 1 fully saturated rings. The molecule has 1 heterocycles. The van der Waals surface area contributed by atoms with Gasteiger partial charge in [-0.15, -0.1) is 11.3 Å². The molecule has 0 atom stereocenters. The second kappa shape index (κ2) is 9.87. The van der Waals surface area contributed by atoms with E-state index in [-0.39, 0.29) is 24.3 Å². The molecule has 4 nitrogen and oxygen atoms in total. The predicted octanol–water partition coefficient (Wildman–Crippen LogP) is 4.62. The maximum atomic E-state index is 13.2. The van der Waals surface area contributed by atoms with E-state index >= 15 is 0 Å². The van der Waals surface area contributed by atoms with Crippen LogP contribution >= 0.6 is 11.3 Å². The molecule has 150 valence electrons. The topological polar surface area (TPSA) is 40.6 Å². The maximum absolute atomic E-state index is 13.2. The minimum absolute atomic E-state index is 0.0278. The Morgan fingerprint density at radius 1 is 1.04 bits per heavy atom. The van der Waals surface area contributed by atoms with E-state index in [4.69, 9.17) is 0 Å². The molecule has 0 bridgehead atoms. The number of hydrogen-bond donors (Lipinski definition) is 0. The van der Waals surface area contributed by atoms with Crippen LogP contribution in [0.3, 0.4) is 0 Å². The first-order valence-electron chi connectivity index (χ1n) is 10.2. The lowest BCUT2D eigenvalue weighted by molar-refractivity contribution is -0.142. The minimum atomic E-state index is 0.0278. The van der Waals surface area contributed by atoms with Crippen LogP contribution in [0.25, 0.3) is 0 Å². The summed E-state index contributed by atoms with van der Waals surface area (Å²) in [4.78, 5) is 32.0. The predicted molar refractivity (Wildman–Crippen MR) is 114 cm³/mol. The van der Waals surface area contributed by atoms with E-state index in [1.54, 1.807) is 16.2 Å². The fourth-order valence-corrected chi connectivity index (χ4v) is 4.17. The molecule has 1 aliphatic carbocycles. The maximum Gasteiger partial charge on any atom is 0.242 e. The third kappa shape index (κ3) is 5.93. The molecular weight excluding hydrogens is 368 g/mol. The standard InChI is InChI=1S/C23H30N2O2S/c1-3-4-14-24(23(27)20-11-12-20)17-22(26)25(15-19-8-6-5-7-9-19)16-21-13-10-18(2)28-21/h5-10,13,20H,3-4,11-12,14-17H2,1-2H3. The molecule has 2 aromatic rings. The second-order valence-corrected chi connectivity index (χ2v) is 9.01. The van der Waals surface area contributed by atoms with Crippen molar-refractivity contribution in [1.82, 2.24) is 9.80 Å². The van der Waals surface area contributed by atoms with E-state index in [1.807, 2.05) is 35.2 Å². The zero-order chi connectivity index (χ0) is 19.9. The molecule has 0 saturated heterocycles. The fraction of sp³-hybridized carbons (Fsp3) is 0.478. The summed E-state index contributed by atoms with van der Waals surface area (Å²) in [7, 11) is 0. The molecular formula is C23H30N2O2S. The second-order valence-electron chi connectivity index (χ2n) is 7.64. The number of rotatable bonds is 10. The van der Waals surface area contributed by atoms with Crippen LogP contribution in [0.15, 0.2) is 42.5 Å². The van der Waals surface area contributed by atoms with Gasteiger partial charge in [0.2, 0.25) is 11.8 Å². The van der Waals surface area contributed by atoms with Gasteiger partial charge in [0, 0.05) is 28.8 Å². The number of aryl methyl sites for hydroxylation is 1. The Morgan fingerprint density at radius 2 is 1.79 bits per heavy atom. The van der Waals surface area contributed by atoms with E-state index in [9.17, 15) is 9.59 Å². The summed E-state index contributed by atoms with van der Waals surface area (Å²) in [6.45, 7) is 6.21. The van der Waals surface area contributed by atoms with Crippen molar-refractivity contribution in [1.29, 1.82) is 0 Å². The molecule has 1 aliphatic rings. The van der Waals surface area contributed by atoms with Crippen LogP contribution in [0.2, 0.25) is 0 Å². The first kappa shape index (κ1) is 20.6. The highest BCUT2D eigenvalue weighted by Crippen LogP contribution is 2.31. The molecule has 0 spiro atoms. The third-order valence-corrected chi connectivity index (χ3v) is 6.04. The number of nitrogens with zero attached hydrogens (tertiary/aromatic N) is 2. The van der Waals surface area contributed by atoms with Gasteiger partial charge in [-0.1, -0.05) is 43.7 Å². The van der Waals surface area contributed by atoms with Crippen LogP contribution < -0.4 is 0 Å². The van der Waals surface area contributed by atoms with Crippen LogP contribution in [0.5, 0.6) is 0 Å². The van der Waals surface area contributed by atoms with Crippen molar-refractivity contribution >= 4 is 23.2 Å². The van der Waals surface area contributed by atoms with Crippen molar-refractivity contribution in [2.24, 2.45) is 5.92 Å². The summed E-state index contributed by atoms with van der Waals surface area (Å²) in [5.41, 5.74) is 1.11. The molecule has 1 aromatic carbocycles. The van der Waals surface area contributed by atoms with Crippen molar-refractivity contribution in [2.45, 2.75) is 52.6 Å². The van der Waals surface area contributed by atoms with Crippen molar-refractivity contribution in [3.63, 3.8) is 0 Å². The zero-order valence-corrected chi connectivity index (χ0v) is 17.7. The van der Waals surface area contributed by atoms with Crippen LogP contribution in [0.1, 0.15) is 47.9 Å². The number of benzene rings is 1. The van der Waals surface area contributed by atoms with Gasteiger partial charge in [-0.05, 0) is 43.9 Å². The highest BCUT2D eigenvalue weighted by molar-refractivity contribution is 7.11. The van der Waals surface area contributed by atoms with Crippen LogP contribution in [0.4, 0.5) is 0 Å². The molecule has 28 heavy (non-hydrogen) atoms. The van der Waals surface area contributed by atoms with E-state index in [1.165, 1.54) is 9.75 Å². The lowest BCUT2D eigenvalue weighted by Crippen LogP contribution is -2.43. The molecule has 5 heteroatoms. The molecule has 1 saturated carbocycles.